The van der Waals surface area contributed by atoms with Crippen molar-refractivity contribution in [2.45, 2.75) is 40.5 Å². The van der Waals surface area contributed by atoms with Crippen molar-refractivity contribution < 1.29 is 24.9 Å². The van der Waals surface area contributed by atoms with Gasteiger partial charge in [-0.3, -0.25) is 0 Å². The normalized spacial score (nSPS) is 9.33. The highest BCUT2D eigenvalue weighted by molar-refractivity contribution is 5.87. The Hall–Kier alpha value is -5.81. The van der Waals surface area contributed by atoms with E-state index in [1.807, 2.05) is 119 Å². The molecule has 6 aromatic carbocycles. The quantitative estimate of drug-likeness (QED) is 0.161. The fourth-order valence-corrected chi connectivity index (χ4v) is 4.18. The number of carboxylic acid groups (broad SMARTS) is 1. The number of rotatable bonds is 7. The van der Waals surface area contributed by atoms with Crippen LogP contribution >= 0.6 is 0 Å². The lowest BCUT2D eigenvalue weighted by molar-refractivity contribution is 0.0697. The summed E-state index contributed by atoms with van der Waals surface area (Å²) in [6.45, 7) is 8.00. The average Bonchev–Trinajstić information content (AvgIpc) is 3.14. The maximum Gasteiger partial charge on any atom is 0.335 e. The number of aromatic hydroxyl groups is 2. The number of carboxylic acids is 1. The van der Waals surface area contributed by atoms with Crippen LogP contribution in [0.2, 0.25) is 0 Å². The van der Waals surface area contributed by atoms with Gasteiger partial charge in [-0.1, -0.05) is 131 Å². The summed E-state index contributed by atoms with van der Waals surface area (Å²) in [6.07, 6.45) is 1.75. The molecular formula is C43H46O5. The van der Waals surface area contributed by atoms with Gasteiger partial charge in [0.15, 0.2) is 0 Å². The van der Waals surface area contributed by atoms with Crippen molar-refractivity contribution in [2.75, 3.05) is 0 Å². The molecule has 0 fully saturated rings. The standard InChI is InChI=1S/C14H12O2.C13H12O.C12H10O2.2C2H6/c15-14(16)13-8-6-12(7-9-13)10-11-4-2-1-3-5-11;14-13-8-6-12(7-9-13)10-11-4-2-1-3-5-11;13-10-6-8-12(9-7-10)14-11-4-2-1-3-5-11;2*1-2/h1-9H,10H2,(H,15,16);1-9,14H,10H2;1-9,13H;2*1-2H3. The molecular weight excluding hydrogens is 596 g/mol. The minimum absolute atomic E-state index is 0.241. The van der Waals surface area contributed by atoms with Gasteiger partial charge in [-0.2, -0.15) is 0 Å². The number of phenolic OH excluding ortho intramolecular Hbond substituents is 2. The van der Waals surface area contributed by atoms with Crippen molar-refractivity contribution in [3.63, 3.8) is 0 Å². The maximum atomic E-state index is 10.7. The third-order valence-electron chi connectivity index (χ3n) is 6.46. The van der Waals surface area contributed by atoms with Crippen molar-refractivity contribution >= 4 is 5.97 Å². The highest BCUT2D eigenvalue weighted by Gasteiger charge is 2.02. The van der Waals surface area contributed by atoms with E-state index in [4.69, 9.17) is 20.1 Å². The minimum atomic E-state index is -0.883. The molecule has 0 aliphatic rings. The summed E-state index contributed by atoms with van der Waals surface area (Å²) in [5.41, 5.74) is 5.19. The molecule has 0 atom stereocenters. The summed E-state index contributed by atoms with van der Waals surface area (Å²) in [5, 5.41) is 27.0. The van der Waals surface area contributed by atoms with Crippen LogP contribution in [0.15, 0.2) is 164 Å². The van der Waals surface area contributed by atoms with Crippen molar-refractivity contribution in [1.29, 1.82) is 0 Å². The number of carbonyl (C=O) groups is 1. The zero-order valence-electron chi connectivity index (χ0n) is 28.2. The fourth-order valence-electron chi connectivity index (χ4n) is 4.18. The monoisotopic (exact) mass is 642 g/mol. The molecule has 0 amide bonds. The van der Waals surface area contributed by atoms with Crippen LogP contribution in [0.3, 0.4) is 0 Å². The number of benzene rings is 6. The first-order chi connectivity index (χ1) is 23.4. The van der Waals surface area contributed by atoms with Crippen molar-refractivity contribution in [1.82, 2.24) is 0 Å². The third-order valence-corrected chi connectivity index (χ3v) is 6.46. The summed E-state index contributed by atoms with van der Waals surface area (Å²) in [6, 6.07) is 50.9. The first-order valence-electron chi connectivity index (χ1n) is 16.1. The van der Waals surface area contributed by atoms with Gasteiger partial charge in [-0.25, -0.2) is 4.79 Å². The van der Waals surface area contributed by atoms with E-state index in [9.17, 15) is 4.79 Å². The summed E-state index contributed by atoms with van der Waals surface area (Å²) >= 11 is 0. The molecule has 0 aliphatic heterocycles. The summed E-state index contributed by atoms with van der Waals surface area (Å²) in [4.78, 5) is 10.7. The molecule has 0 bridgehead atoms. The maximum absolute atomic E-state index is 10.7. The van der Waals surface area contributed by atoms with Crippen molar-refractivity contribution in [3.8, 4) is 23.0 Å². The molecule has 5 nitrogen and oxygen atoms in total. The van der Waals surface area contributed by atoms with E-state index in [1.165, 1.54) is 16.7 Å². The van der Waals surface area contributed by atoms with E-state index < -0.39 is 5.97 Å². The molecule has 0 radical (unpaired) electrons. The molecule has 6 rings (SSSR count). The van der Waals surface area contributed by atoms with Gasteiger partial charge in [-0.05, 0) is 95.8 Å². The Bertz CT molecular complexity index is 1580. The molecule has 0 aliphatic carbocycles. The van der Waals surface area contributed by atoms with Gasteiger partial charge in [0.25, 0.3) is 0 Å². The van der Waals surface area contributed by atoms with E-state index in [2.05, 4.69) is 24.3 Å². The van der Waals surface area contributed by atoms with E-state index in [0.717, 1.165) is 24.2 Å². The van der Waals surface area contributed by atoms with Crippen LogP contribution in [-0.2, 0) is 12.8 Å². The van der Waals surface area contributed by atoms with Gasteiger partial charge >= 0.3 is 5.97 Å². The zero-order valence-corrected chi connectivity index (χ0v) is 28.2. The predicted octanol–water partition coefficient (Wildman–Crippen LogP) is 11.2. The number of para-hydroxylation sites is 1. The van der Waals surface area contributed by atoms with Gasteiger partial charge in [0, 0.05) is 0 Å². The molecule has 6 aromatic rings. The molecule has 0 unspecified atom stereocenters. The van der Waals surface area contributed by atoms with Gasteiger partial charge in [0.1, 0.15) is 23.0 Å². The average molecular weight is 643 g/mol. The minimum Gasteiger partial charge on any atom is -0.508 e. The van der Waals surface area contributed by atoms with Gasteiger partial charge in [0.05, 0.1) is 5.56 Å². The lowest BCUT2D eigenvalue weighted by Crippen LogP contribution is -1.96. The molecule has 0 aromatic heterocycles. The fraction of sp³-hybridized carbons (Fsp3) is 0.140. The molecule has 0 spiro atoms. The highest BCUT2D eigenvalue weighted by Crippen LogP contribution is 2.22. The second kappa shape index (κ2) is 22.7. The molecule has 5 heteroatoms. The first-order valence-corrected chi connectivity index (χ1v) is 16.1. The number of aromatic carboxylic acids is 1. The second-order valence-corrected chi connectivity index (χ2v) is 9.90. The van der Waals surface area contributed by atoms with Crippen LogP contribution in [0.25, 0.3) is 0 Å². The zero-order chi connectivity index (χ0) is 35.0. The molecule has 248 valence electrons. The van der Waals surface area contributed by atoms with E-state index in [1.54, 1.807) is 48.5 Å². The number of ether oxygens (including phenoxy) is 1. The number of phenols is 2. The Morgan fingerprint density at radius 2 is 0.750 bits per heavy atom. The smallest absolute Gasteiger partial charge is 0.335 e. The van der Waals surface area contributed by atoms with Crippen LogP contribution in [0.4, 0.5) is 0 Å². The highest BCUT2D eigenvalue weighted by atomic mass is 16.5. The molecule has 0 saturated heterocycles. The third kappa shape index (κ3) is 15.0. The van der Waals surface area contributed by atoms with E-state index in [-0.39, 0.29) is 5.75 Å². The predicted molar refractivity (Wildman–Crippen MR) is 197 cm³/mol. The second-order valence-electron chi connectivity index (χ2n) is 9.90. The Morgan fingerprint density at radius 3 is 1.15 bits per heavy atom. The lowest BCUT2D eigenvalue weighted by Gasteiger charge is -2.04. The Balaban J connectivity index is 0.000000238. The van der Waals surface area contributed by atoms with Gasteiger partial charge in [-0.15, -0.1) is 0 Å². The summed E-state index contributed by atoms with van der Waals surface area (Å²) in [5.74, 6) is 1.19. The van der Waals surface area contributed by atoms with Gasteiger partial charge in [0.2, 0.25) is 0 Å². The van der Waals surface area contributed by atoms with E-state index in [0.29, 0.717) is 17.1 Å². The Kier molecular flexibility index (Phi) is 18.1. The SMILES string of the molecule is CC.CC.O=C(O)c1ccc(Cc2ccccc2)cc1.Oc1ccc(Cc2ccccc2)cc1.Oc1ccc(Oc2ccccc2)cc1. The molecule has 48 heavy (non-hydrogen) atoms. The largest absolute Gasteiger partial charge is 0.508 e. The van der Waals surface area contributed by atoms with Crippen LogP contribution in [0, 0.1) is 0 Å². The Labute approximate surface area is 285 Å². The summed E-state index contributed by atoms with van der Waals surface area (Å²) in [7, 11) is 0. The van der Waals surface area contributed by atoms with E-state index >= 15 is 0 Å². The van der Waals surface area contributed by atoms with Crippen LogP contribution in [0.5, 0.6) is 23.0 Å². The first kappa shape index (κ1) is 38.4. The topological polar surface area (TPSA) is 87.0 Å². The van der Waals surface area contributed by atoms with Crippen molar-refractivity contribution in [3.05, 3.63) is 192 Å². The van der Waals surface area contributed by atoms with Crippen LogP contribution < -0.4 is 4.74 Å². The number of hydrogen-bond donors (Lipinski definition) is 3. The van der Waals surface area contributed by atoms with Crippen LogP contribution in [0.1, 0.15) is 60.3 Å². The van der Waals surface area contributed by atoms with Crippen molar-refractivity contribution in [2.24, 2.45) is 0 Å². The molecule has 0 saturated carbocycles. The molecule has 3 N–H and O–H groups in total. The molecule has 0 heterocycles. The summed E-state index contributed by atoms with van der Waals surface area (Å²) < 4.78 is 5.52. The Morgan fingerprint density at radius 1 is 0.438 bits per heavy atom. The van der Waals surface area contributed by atoms with Gasteiger partial charge < -0.3 is 20.1 Å². The number of hydrogen-bond acceptors (Lipinski definition) is 4. The van der Waals surface area contributed by atoms with Crippen LogP contribution in [-0.4, -0.2) is 21.3 Å². The lowest BCUT2D eigenvalue weighted by atomic mass is 10.0.